The maximum atomic E-state index is 10.9. The van der Waals surface area contributed by atoms with E-state index in [1.54, 1.807) is 19.2 Å². The van der Waals surface area contributed by atoms with Crippen LogP contribution in [0.25, 0.3) is 0 Å². The molecule has 0 atom stereocenters. The van der Waals surface area contributed by atoms with Crippen LogP contribution >= 0.6 is 15.9 Å². The minimum absolute atomic E-state index is 0.287. The van der Waals surface area contributed by atoms with Crippen molar-refractivity contribution < 1.29 is 19.4 Å². The zero-order valence-corrected chi connectivity index (χ0v) is 15.9. The molecule has 0 heterocycles. The first kappa shape index (κ1) is 19.3. The Kier molecular flexibility index (Phi) is 7.28. The van der Waals surface area contributed by atoms with E-state index < -0.39 is 5.97 Å². The fourth-order valence-electron chi connectivity index (χ4n) is 2.37. The van der Waals surface area contributed by atoms with Gasteiger partial charge in [0.15, 0.2) is 11.5 Å². The van der Waals surface area contributed by atoms with Gasteiger partial charge in [-0.15, -0.1) is 0 Å². The average Bonchev–Trinajstić information content (AvgIpc) is 2.62. The fraction of sp³-hybridized carbons (Fsp3) is 0.316. The second-order valence-corrected chi connectivity index (χ2v) is 6.37. The molecular weight excluding hydrogens is 386 g/mol. The number of ether oxygens (including phenoxy) is 2. The molecule has 0 saturated carbocycles. The van der Waals surface area contributed by atoms with Gasteiger partial charge in [-0.3, -0.25) is 0 Å². The first-order valence-electron chi connectivity index (χ1n) is 8.08. The van der Waals surface area contributed by atoms with Crippen molar-refractivity contribution in [1.29, 1.82) is 0 Å². The van der Waals surface area contributed by atoms with E-state index in [1.165, 1.54) is 0 Å². The summed E-state index contributed by atoms with van der Waals surface area (Å²) < 4.78 is 12.2. The van der Waals surface area contributed by atoms with E-state index in [4.69, 9.17) is 14.6 Å². The Morgan fingerprint density at radius 3 is 2.48 bits per heavy atom. The first-order valence-corrected chi connectivity index (χ1v) is 8.87. The van der Waals surface area contributed by atoms with Crippen molar-refractivity contribution in [2.45, 2.75) is 26.4 Å². The summed E-state index contributed by atoms with van der Waals surface area (Å²) in [5.74, 6) is 0.532. The summed E-state index contributed by atoms with van der Waals surface area (Å²) in [6.45, 7) is 3.90. The van der Waals surface area contributed by atoms with Gasteiger partial charge in [-0.2, -0.15) is 0 Å². The van der Waals surface area contributed by atoms with Crippen molar-refractivity contribution >= 4 is 21.9 Å². The minimum Gasteiger partial charge on any atom is -0.493 e. The predicted octanol–water partition coefficient (Wildman–Crippen LogP) is 4.23. The number of carboxylic acid groups (broad SMARTS) is 1. The van der Waals surface area contributed by atoms with Crippen LogP contribution in [0.2, 0.25) is 0 Å². The van der Waals surface area contributed by atoms with Gasteiger partial charge in [0.1, 0.15) is 0 Å². The van der Waals surface area contributed by atoms with E-state index in [0.717, 1.165) is 27.8 Å². The summed E-state index contributed by atoms with van der Waals surface area (Å²) in [6.07, 6.45) is 0.915. The number of methoxy groups -OCH3 is 1. The van der Waals surface area contributed by atoms with Gasteiger partial charge >= 0.3 is 5.97 Å². The van der Waals surface area contributed by atoms with Crippen LogP contribution in [-0.4, -0.2) is 24.8 Å². The molecule has 5 nitrogen and oxygen atoms in total. The van der Waals surface area contributed by atoms with Crippen LogP contribution in [0.4, 0.5) is 0 Å². The van der Waals surface area contributed by atoms with Crippen LogP contribution < -0.4 is 14.8 Å². The number of carbonyl (C=O) groups is 1. The average molecular weight is 408 g/mol. The number of nitrogens with one attached hydrogen (secondary N) is 1. The summed E-state index contributed by atoms with van der Waals surface area (Å²) >= 11 is 3.57. The van der Waals surface area contributed by atoms with E-state index >= 15 is 0 Å². The van der Waals surface area contributed by atoms with Crippen molar-refractivity contribution in [3.63, 3.8) is 0 Å². The summed E-state index contributed by atoms with van der Waals surface area (Å²) in [5.41, 5.74) is 2.30. The lowest BCUT2D eigenvalue weighted by Gasteiger charge is -2.17. The van der Waals surface area contributed by atoms with Crippen molar-refractivity contribution in [2.24, 2.45) is 0 Å². The molecule has 25 heavy (non-hydrogen) atoms. The van der Waals surface area contributed by atoms with Gasteiger partial charge in [0, 0.05) is 23.1 Å². The molecular formula is C19H22BrNO4. The third-order valence-corrected chi connectivity index (χ3v) is 4.41. The predicted molar refractivity (Wildman–Crippen MR) is 100 cm³/mol. The van der Waals surface area contributed by atoms with Crippen LogP contribution in [0.5, 0.6) is 11.5 Å². The van der Waals surface area contributed by atoms with E-state index in [2.05, 4.69) is 28.2 Å². The Labute approximate surface area is 156 Å². The highest BCUT2D eigenvalue weighted by molar-refractivity contribution is 9.10. The third kappa shape index (κ3) is 5.21. The van der Waals surface area contributed by atoms with Gasteiger partial charge in [-0.25, -0.2) is 4.79 Å². The maximum Gasteiger partial charge on any atom is 0.335 e. The number of aromatic carboxylic acids is 1. The van der Waals surface area contributed by atoms with Gasteiger partial charge in [0.2, 0.25) is 0 Å². The molecule has 0 aliphatic carbocycles. The van der Waals surface area contributed by atoms with Crippen LogP contribution in [0.1, 0.15) is 34.8 Å². The molecule has 0 amide bonds. The summed E-state index contributed by atoms with van der Waals surface area (Å²) in [4.78, 5) is 10.9. The molecule has 0 spiro atoms. The molecule has 6 heteroatoms. The number of rotatable bonds is 9. The number of halogens is 1. The number of benzene rings is 2. The molecule has 134 valence electrons. The second-order valence-electron chi connectivity index (χ2n) is 5.51. The van der Waals surface area contributed by atoms with Crippen LogP contribution in [0.15, 0.2) is 40.9 Å². The van der Waals surface area contributed by atoms with Crippen molar-refractivity contribution in [3.05, 3.63) is 57.6 Å². The van der Waals surface area contributed by atoms with Gasteiger partial charge in [-0.05, 0) is 36.2 Å². The molecule has 0 unspecified atom stereocenters. The summed E-state index contributed by atoms with van der Waals surface area (Å²) in [5, 5.41) is 12.3. The van der Waals surface area contributed by atoms with Crippen molar-refractivity contribution in [3.8, 4) is 11.5 Å². The number of hydrogen-bond donors (Lipinski definition) is 2. The van der Waals surface area contributed by atoms with E-state index in [0.29, 0.717) is 25.4 Å². The van der Waals surface area contributed by atoms with E-state index in [9.17, 15) is 4.79 Å². The molecule has 0 aromatic heterocycles. The normalized spacial score (nSPS) is 10.5. The third-order valence-electron chi connectivity index (χ3n) is 3.67. The number of carboxylic acids is 1. The fourth-order valence-corrected chi connectivity index (χ4v) is 2.82. The zero-order valence-electron chi connectivity index (χ0n) is 14.3. The molecule has 2 rings (SSSR count). The standard InChI is InChI=1S/C19H22BrNO4/c1-3-10-25-18-15(16(20)8-9-17(18)24-2)12-21-11-13-4-6-14(7-5-13)19(22)23/h4-9,21H,3,10-12H2,1-2H3,(H,22,23). The number of hydrogen-bond acceptors (Lipinski definition) is 4. The van der Waals surface area contributed by atoms with Gasteiger partial charge in [0.25, 0.3) is 0 Å². The van der Waals surface area contributed by atoms with Gasteiger partial charge < -0.3 is 19.9 Å². The zero-order chi connectivity index (χ0) is 18.2. The Morgan fingerprint density at radius 2 is 1.88 bits per heavy atom. The molecule has 0 bridgehead atoms. The Bertz CT molecular complexity index is 716. The lowest BCUT2D eigenvalue weighted by Crippen LogP contribution is -2.15. The highest BCUT2D eigenvalue weighted by Crippen LogP contribution is 2.36. The molecule has 0 radical (unpaired) electrons. The molecule has 0 saturated heterocycles. The molecule has 2 aromatic carbocycles. The largest absolute Gasteiger partial charge is 0.493 e. The SMILES string of the molecule is CCCOc1c(OC)ccc(Br)c1CNCc1ccc(C(=O)O)cc1. The molecule has 2 aromatic rings. The summed E-state index contributed by atoms with van der Waals surface area (Å²) in [7, 11) is 1.63. The monoisotopic (exact) mass is 407 g/mol. The summed E-state index contributed by atoms with van der Waals surface area (Å²) in [6, 6.07) is 10.7. The Morgan fingerprint density at radius 1 is 1.16 bits per heavy atom. The lowest BCUT2D eigenvalue weighted by atomic mass is 10.1. The highest BCUT2D eigenvalue weighted by Gasteiger charge is 2.14. The second kappa shape index (κ2) is 9.44. The molecule has 2 N–H and O–H groups in total. The van der Waals surface area contributed by atoms with Crippen LogP contribution in [0, 0.1) is 0 Å². The quantitative estimate of drug-likeness (QED) is 0.650. The van der Waals surface area contributed by atoms with Crippen LogP contribution in [-0.2, 0) is 13.1 Å². The Hall–Kier alpha value is -2.05. The van der Waals surface area contributed by atoms with E-state index in [-0.39, 0.29) is 5.56 Å². The van der Waals surface area contributed by atoms with Crippen LogP contribution in [0.3, 0.4) is 0 Å². The minimum atomic E-state index is -0.919. The smallest absolute Gasteiger partial charge is 0.335 e. The van der Waals surface area contributed by atoms with Gasteiger partial charge in [-0.1, -0.05) is 35.0 Å². The first-order chi connectivity index (χ1) is 12.1. The van der Waals surface area contributed by atoms with Crippen molar-refractivity contribution in [1.82, 2.24) is 5.32 Å². The molecule has 0 fully saturated rings. The molecule has 0 aliphatic heterocycles. The van der Waals surface area contributed by atoms with Gasteiger partial charge in [0.05, 0.1) is 19.3 Å². The topological polar surface area (TPSA) is 67.8 Å². The Balaban J connectivity index is 2.07. The highest BCUT2D eigenvalue weighted by atomic mass is 79.9. The van der Waals surface area contributed by atoms with E-state index in [1.807, 2.05) is 24.3 Å². The lowest BCUT2D eigenvalue weighted by molar-refractivity contribution is 0.0697. The molecule has 0 aliphatic rings. The van der Waals surface area contributed by atoms with Crippen molar-refractivity contribution in [2.75, 3.05) is 13.7 Å². The maximum absolute atomic E-state index is 10.9.